The van der Waals surface area contributed by atoms with Crippen LogP contribution in [0.2, 0.25) is 0 Å². The highest BCUT2D eigenvalue weighted by molar-refractivity contribution is 8.24. The molecule has 1 fully saturated rings. The molecule has 150 valence electrons. The lowest BCUT2D eigenvalue weighted by Gasteiger charge is -2.32. The first kappa shape index (κ1) is 20.8. The summed E-state index contributed by atoms with van der Waals surface area (Å²) in [5.41, 5.74) is 3.40. The Bertz CT molecular complexity index is 805. The molecule has 1 N–H and O–H groups in total. The van der Waals surface area contributed by atoms with Crippen molar-refractivity contribution < 1.29 is 19.2 Å². The van der Waals surface area contributed by atoms with Crippen LogP contribution < -0.4 is 5.48 Å². The van der Waals surface area contributed by atoms with Crippen LogP contribution in [0.15, 0.2) is 24.3 Å². The van der Waals surface area contributed by atoms with Gasteiger partial charge < -0.3 is 9.74 Å². The maximum atomic E-state index is 12.4. The Hall–Kier alpha value is -1.97. The van der Waals surface area contributed by atoms with Gasteiger partial charge in [0, 0.05) is 6.54 Å². The van der Waals surface area contributed by atoms with Gasteiger partial charge in [0.1, 0.15) is 17.0 Å². The van der Waals surface area contributed by atoms with Gasteiger partial charge in [0.25, 0.3) is 11.8 Å². The van der Waals surface area contributed by atoms with Gasteiger partial charge in [0.05, 0.1) is 15.9 Å². The molecule has 0 aromatic heterocycles. The second-order valence-electron chi connectivity index (χ2n) is 7.75. The van der Waals surface area contributed by atoms with E-state index in [1.807, 2.05) is 18.7 Å². The summed E-state index contributed by atoms with van der Waals surface area (Å²) < 4.78 is 0.439. The summed E-state index contributed by atoms with van der Waals surface area (Å²) in [6.45, 7) is 8.48. The molecule has 0 bridgehead atoms. The van der Waals surface area contributed by atoms with Crippen molar-refractivity contribution in [3.63, 3.8) is 0 Å². The number of nitrogens with one attached hydrogen (secondary N) is 1. The molecular weight excluding hydrogens is 398 g/mol. The fourth-order valence-corrected chi connectivity index (χ4v) is 5.12. The highest BCUT2D eigenvalue weighted by atomic mass is 32.2. The third-order valence-corrected chi connectivity index (χ3v) is 6.21. The summed E-state index contributed by atoms with van der Waals surface area (Å²) >= 11 is 7.01. The van der Waals surface area contributed by atoms with E-state index in [-0.39, 0.29) is 10.9 Å². The number of amides is 2. The number of imide groups is 1. The SMILES string of the molecule is CC(C)CN1C(=S)SC(C)(C)[C@@H]1NOC(=O)CN1C(=O)c2ccccc2C1=O. The number of hydrogen-bond acceptors (Lipinski definition) is 7. The smallest absolute Gasteiger partial charge is 0.344 e. The average molecular weight is 422 g/mol. The van der Waals surface area contributed by atoms with E-state index in [0.29, 0.717) is 17.0 Å². The van der Waals surface area contributed by atoms with Crippen molar-refractivity contribution in [2.45, 2.75) is 38.6 Å². The van der Waals surface area contributed by atoms with Crippen molar-refractivity contribution in [1.82, 2.24) is 15.3 Å². The topological polar surface area (TPSA) is 79.0 Å². The molecule has 1 saturated heterocycles. The van der Waals surface area contributed by atoms with Gasteiger partial charge in [-0.1, -0.05) is 50.0 Å². The average Bonchev–Trinajstić information content (AvgIpc) is 2.97. The quantitative estimate of drug-likeness (QED) is 0.426. The maximum absolute atomic E-state index is 12.4. The van der Waals surface area contributed by atoms with Gasteiger partial charge in [-0.2, -0.15) is 0 Å². The number of carbonyl (C=O) groups excluding carboxylic acids is 3. The molecule has 0 radical (unpaired) electrons. The van der Waals surface area contributed by atoms with Gasteiger partial charge in [-0.15, -0.1) is 5.48 Å². The third-order valence-electron chi connectivity index (χ3n) is 4.57. The molecule has 0 unspecified atom stereocenters. The van der Waals surface area contributed by atoms with E-state index in [2.05, 4.69) is 19.3 Å². The molecule has 28 heavy (non-hydrogen) atoms. The van der Waals surface area contributed by atoms with Crippen LogP contribution >= 0.6 is 24.0 Å². The van der Waals surface area contributed by atoms with E-state index < -0.39 is 24.3 Å². The van der Waals surface area contributed by atoms with Crippen molar-refractivity contribution in [2.75, 3.05) is 13.1 Å². The number of nitrogens with zero attached hydrogens (tertiary/aromatic N) is 2. The van der Waals surface area contributed by atoms with Gasteiger partial charge >= 0.3 is 5.97 Å². The molecule has 2 amide bonds. The Balaban J connectivity index is 1.63. The highest BCUT2D eigenvalue weighted by Crippen LogP contribution is 2.40. The fraction of sp³-hybridized carbons (Fsp3) is 0.474. The predicted octanol–water partition coefficient (Wildman–Crippen LogP) is 2.42. The molecule has 2 aliphatic rings. The number of hydrogen-bond donors (Lipinski definition) is 1. The maximum Gasteiger partial charge on any atom is 0.344 e. The predicted molar refractivity (Wildman–Crippen MR) is 111 cm³/mol. The van der Waals surface area contributed by atoms with E-state index >= 15 is 0 Å². The van der Waals surface area contributed by atoms with Crippen molar-refractivity contribution in [2.24, 2.45) is 5.92 Å². The van der Waals surface area contributed by atoms with E-state index in [1.165, 1.54) is 0 Å². The number of fused-ring (bicyclic) bond motifs is 1. The van der Waals surface area contributed by atoms with E-state index in [9.17, 15) is 14.4 Å². The first-order valence-corrected chi connectivity index (χ1v) is 10.2. The molecule has 2 heterocycles. The molecule has 7 nitrogen and oxygen atoms in total. The Morgan fingerprint density at radius 3 is 2.36 bits per heavy atom. The normalized spacial score (nSPS) is 20.9. The van der Waals surface area contributed by atoms with Crippen LogP contribution in [0.4, 0.5) is 0 Å². The van der Waals surface area contributed by atoms with Crippen LogP contribution in [-0.2, 0) is 9.63 Å². The molecule has 0 spiro atoms. The molecule has 1 atom stereocenters. The second kappa shape index (κ2) is 7.81. The van der Waals surface area contributed by atoms with Crippen LogP contribution in [-0.4, -0.2) is 55.9 Å². The first-order chi connectivity index (χ1) is 13.1. The van der Waals surface area contributed by atoms with Crippen LogP contribution in [0.1, 0.15) is 48.4 Å². The Labute approximate surface area is 173 Å². The second-order valence-corrected chi connectivity index (χ2v) is 10.0. The summed E-state index contributed by atoms with van der Waals surface area (Å²) in [6, 6.07) is 6.50. The molecule has 1 aromatic carbocycles. The molecule has 9 heteroatoms. The number of benzene rings is 1. The minimum atomic E-state index is -0.711. The molecular formula is C19H23N3O4S2. The van der Waals surface area contributed by atoms with Crippen LogP contribution in [0, 0.1) is 5.92 Å². The lowest BCUT2D eigenvalue weighted by atomic mass is 10.1. The Morgan fingerprint density at radius 2 is 1.82 bits per heavy atom. The molecule has 3 rings (SSSR count). The van der Waals surface area contributed by atoms with Crippen molar-refractivity contribution in [3.8, 4) is 0 Å². The first-order valence-electron chi connectivity index (χ1n) is 9.02. The van der Waals surface area contributed by atoms with Crippen LogP contribution in [0.25, 0.3) is 0 Å². The third kappa shape index (κ3) is 3.92. The standard InChI is InChI=1S/C19H23N3O4S2/c1-11(2)9-22-17(19(3,4)28-18(22)27)20-26-14(23)10-21-15(24)12-7-5-6-8-13(12)16(21)25/h5-8,11,17,20H,9-10H2,1-4H3/t17-/m1/s1. The summed E-state index contributed by atoms with van der Waals surface area (Å²) in [6.07, 6.45) is -0.307. The summed E-state index contributed by atoms with van der Waals surface area (Å²) in [5, 5.41) is 0. The minimum Gasteiger partial charge on any atom is -0.367 e. The zero-order valence-corrected chi connectivity index (χ0v) is 17.9. The summed E-state index contributed by atoms with van der Waals surface area (Å²) in [5.74, 6) is -1.31. The Kier molecular flexibility index (Phi) is 5.79. The summed E-state index contributed by atoms with van der Waals surface area (Å²) in [7, 11) is 0. The van der Waals surface area contributed by atoms with Gasteiger partial charge in [-0.25, -0.2) is 4.79 Å². The van der Waals surface area contributed by atoms with Crippen molar-refractivity contribution >= 4 is 46.1 Å². The fourth-order valence-electron chi connectivity index (χ4n) is 3.26. The van der Waals surface area contributed by atoms with Crippen LogP contribution in [0.3, 0.4) is 0 Å². The van der Waals surface area contributed by atoms with Gasteiger partial charge in [0.2, 0.25) is 0 Å². The molecule has 0 aliphatic carbocycles. The number of thioether (sulfide) groups is 1. The number of rotatable bonds is 6. The molecule has 0 saturated carbocycles. The zero-order chi connectivity index (χ0) is 20.6. The molecule has 1 aromatic rings. The largest absolute Gasteiger partial charge is 0.367 e. The van der Waals surface area contributed by atoms with E-state index in [1.54, 1.807) is 36.0 Å². The number of carbonyl (C=O) groups is 3. The minimum absolute atomic E-state index is 0.301. The van der Waals surface area contributed by atoms with Crippen LogP contribution in [0.5, 0.6) is 0 Å². The number of thiocarbonyl (C=S) groups is 1. The van der Waals surface area contributed by atoms with E-state index in [4.69, 9.17) is 17.1 Å². The van der Waals surface area contributed by atoms with Gasteiger partial charge in [-0.3, -0.25) is 14.5 Å². The Morgan fingerprint density at radius 1 is 1.25 bits per heavy atom. The van der Waals surface area contributed by atoms with Crippen molar-refractivity contribution in [3.05, 3.63) is 35.4 Å². The summed E-state index contributed by atoms with van der Waals surface area (Å²) in [4.78, 5) is 45.2. The van der Waals surface area contributed by atoms with Gasteiger partial charge in [0.15, 0.2) is 0 Å². The van der Waals surface area contributed by atoms with Crippen molar-refractivity contribution in [1.29, 1.82) is 0 Å². The number of hydroxylamine groups is 1. The molecule has 2 aliphatic heterocycles. The monoisotopic (exact) mass is 421 g/mol. The zero-order valence-electron chi connectivity index (χ0n) is 16.2. The van der Waals surface area contributed by atoms with Gasteiger partial charge in [-0.05, 0) is 31.9 Å². The lowest BCUT2D eigenvalue weighted by Crippen LogP contribution is -2.53. The highest BCUT2D eigenvalue weighted by Gasteiger charge is 2.45. The lowest BCUT2D eigenvalue weighted by molar-refractivity contribution is -0.156. The van der Waals surface area contributed by atoms with E-state index in [0.717, 1.165) is 15.8 Å².